The molecule has 1 aliphatic rings. The summed E-state index contributed by atoms with van der Waals surface area (Å²) < 4.78 is 21.2. The molecule has 0 saturated carbocycles. The van der Waals surface area contributed by atoms with Crippen molar-refractivity contribution in [3.05, 3.63) is 82.6 Å². The number of carbonyl (C=O) groups is 1. The number of benzene rings is 2. The van der Waals surface area contributed by atoms with Crippen LogP contribution in [0, 0.1) is 5.82 Å². The third-order valence-corrected chi connectivity index (χ3v) is 8.73. The lowest BCUT2D eigenvalue weighted by atomic mass is 9.95. The first kappa shape index (κ1) is 28.3. The number of nitrogens with one attached hydrogen (secondary N) is 1. The van der Waals surface area contributed by atoms with Crippen LogP contribution >= 0.6 is 22.9 Å². The Morgan fingerprint density at radius 2 is 2.07 bits per heavy atom. The van der Waals surface area contributed by atoms with Crippen molar-refractivity contribution in [3.63, 3.8) is 0 Å². The molecule has 6 rings (SSSR count). The number of aromatic nitrogens is 4. The lowest BCUT2D eigenvalue weighted by molar-refractivity contribution is -0.120. The topological polar surface area (TPSA) is 85.2 Å². The number of thiophene rings is 1. The fourth-order valence-corrected chi connectivity index (χ4v) is 6.70. The van der Waals surface area contributed by atoms with Gasteiger partial charge in [0.25, 0.3) is 0 Å². The highest BCUT2D eigenvalue weighted by Crippen LogP contribution is 2.45. The van der Waals surface area contributed by atoms with E-state index in [1.807, 2.05) is 31.0 Å². The van der Waals surface area contributed by atoms with Crippen LogP contribution in [-0.2, 0) is 30.8 Å². The van der Waals surface area contributed by atoms with Crippen LogP contribution < -0.4 is 10.1 Å². The van der Waals surface area contributed by atoms with Crippen LogP contribution in [0.3, 0.4) is 0 Å². The lowest BCUT2D eigenvalue weighted by Gasteiger charge is -2.16. The molecule has 5 aromatic rings. The molecule has 0 aliphatic heterocycles. The molecule has 11 heteroatoms. The van der Waals surface area contributed by atoms with Gasteiger partial charge in [-0.1, -0.05) is 23.7 Å². The van der Waals surface area contributed by atoms with Crippen LogP contribution in [0.15, 0.2) is 55.0 Å². The number of hydrogen-bond donors (Lipinski definition) is 1. The normalized spacial score (nSPS) is 12.4. The highest BCUT2D eigenvalue weighted by molar-refractivity contribution is 7.22. The molecule has 1 N–H and O–H groups in total. The van der Waals surface area contributed by atoms with Crippen molar-refractivity contribution in [1.82, 2.24) is 24.6 Å². The van der Waals surface area contributed by atoms with Gasteiger partial charge in [-0.15, -0.1) is 11.3 Å². The van der Waals surface area contributed by atoms with Gasteiger partial charge in [-0.3, -0.25) is 9.48 Å². The number of hydrogen-bond acceptors (Lipinski definition) is 8. The standard InChI is InChI=1S/C31H30ClFN6O2S/c1-38(2)12-4-7-22(40)16-39-26-10-9-23-28-30(34-18-35-31(28)42-29(23)24(26)15-36-39)37-21-8-11-27(25(32)14-21)41-17-19-5-3-6-20(33)13-19/h3,5-6,8,11,13-15,18H,4,7,9-10,12,16-17H2,1-2H3,(H,34,35,37). The predicted octanol–water partition coefficient (Wildman–Crippen LogP) is 6.68. The third-order valence-electron chi connectivity index (χ3n) is 7.26. The molecule has 8 nitrogen and oxygen atoms in total. The number of ether oxygens (including phenoxy) is 1. The first-order valence-corrected chi connectivity index (χ1v) is 15.0. The first-order chi connectivity index (χ1) is 20.4. The molecule has 1 aliphatic carbocycles. The molecule has 0 saturated heterocycles. The lowest BCUT2D eigenvalue weighted by Crippen LogP contribution is -2.18. The van der Waals surface area contributed by atoms with E-state index in [1.165, 1.54) is 17.7 Å². The van der Waals surface area contributed by atoms with Crippen molar-refractivity contribution in [2.75, 3.05) is 26.0 Å². The van der Waals surface area contributed by atoms with Crippen LogP contribution in [0.25, 0.3) is 20.7 Å². The summed E-state index contributed by atoms with van der Waals surface area (Å²) >= 11 is 8.16. The molecule has 0 unspecified atom stereocenters. The molecule has 0 spiro atoms. The maximum Gasteiger partial charge on any atom is 0.154 e. The SMILES string of the molecule is CN(C)CCCC(=O)Cn1ncc2c1CCc1c-2sc2ncnc(Nc3ccc(OCc4cccc(F)c4)c(Cl)c3)c12. The molecule has 0 atom stereocenters. The maximum atomic E-state index is 13.5. The van der Waals surface area contributed by atoms with E-state index in [0.717, 1.165) is 63.4 Å². The summed E-state index contributed by atoms with van der Waals surface area (Å²) in [5.41, 5.74) is 4.82. The second-order valence-corrected chi connectivity index (χ2v) is 12.0. The molecule has 3 heterocycles. The number of halogens is 2. The molecule has 42 heavy (non-hydrogen) atoms. The summed E-state index contributed by atoms with van der Waals surface area (Å²) in [7, 11) is 4.03. The largest absolute Gasteiger partial charge is 0.487 e. The van der Waals surface area contributed by atoms with Crippen LogP contribution in [0.5, 0.6) is 5.75 Å². The summed E-state index contributed by atoms with van der Waals surface area (Å²) in [6.45, 7) is 1.41. The summed E-state index contributed by atoms with van der Waals surface area (Å²) in [4.78, 5) is 25.8. The van der Waals surface area contributed by atoms with Crippen LogP contribution in [0.2, 0.25) is 5.02 Å². The Kier molecular flexibility index (Phi) is 8.19. The molecule has 216 valence electrons. The van der Waals surface area contributed by atoms with Gasteiger partial charge in [0, 0.05) is 28.2 Å². The average Bonchev–Trinajstić information content (AvgIpc) is 3.54. The van der Waals surface area contributed by atoms with E-state index < -0.39 is 0 Å². The zero-order valence-corrected chi connectivity index (χ0v) is 24.9. The Morgan fingerprint density at radius 1 is 1.19 bits per heavy atom. The minimum Gasteiger partial charge on any atom is -0.487 e. The van der Waals surface area contributed by atoms with E-state index in [2.05, 4.69) is 25.3 Å². The number of carbonyl (C=O) groups excluding carboxylic acids is 1. The number of nitrogens with zero attached hydrogens (tertiary/aromatic N) is 5. The van der Waals surface area contributed by atoms with Gasteiger partial charge >= 0.3 is 0 Å². The maximum absolute atomic E-state index is 13.5. The van der Waals surface area contributed by atoms with Gasteiger partial charge in [-0.05, 0) is 81.4 Å². The van der Waals surface area contributed by atoms with Crippen molar-refractivity contribution < 1.29 is 13.9 Å². The molecular weight excluding hydrogens is 575 g/mol. The molecule has 0 amide bonds. The minimum atomic E-state index is -0.306. The predicted molar refractivity (Wildman–Crippen MR) is 164 cm³/mol. The van der Waals surface area contributed by atoms with Crippen molar-refractivity contribution in [1.29, 1.82) is 0 Å². The van der Waals surface area contributed by atoms with Gasteiger partial charge in [0.05, 0.1) is 23.2 Å². The monoisotopic (exact) mass is 604 g/mol. The van der Waals surface area contributed by atoms with Crippen molar-refractivity contribution in [3.8, 4) is 16.2 Å². The Balaban J connectivity index is 1.20. The van der Waals surface area contributed by atoms with E-state index in [4.69, 9.17) is 16.3 Å². The number of ketones is 1. The molecule has 0 bridgehead atoms. The minimum absolute atomic E-state index is 0.200. The van der Waals surface area contributed by atoms with Crippen LogP contribution in [0.1, 0.15) is 29.7 Å². The molecule has 0 fully saturated rings. The molecule has 2 aromatic carbocycles. The highest BCUT2D eigenvalue weighted by atomic mass is 35.5. The van der Waals surface area contributed by atoms with Gasteiger partial charge < -0.3 is 15.0 Å². The Labute approximate surface area is 252 Å². The molecule has 0 radical (unpaired) electrons. The fraction of sp³-hybridized carbons (Fsp3) is 0.290. The number of rotatable bonds is 11. The first-order valence-electron chi connectivity index (χ1n) is 13.8. The van der Waals surface area contributed by atoms with Crippen molar-refractivity contribution in [2.45, 2.75) is 38.8 Å². The number of aryl methyl sites for hydroxylation is 1. The smallest absolute Gasteiger partial charge is 0.154 e. The number of Topliss-reactive ketones (excluding diaryl/α,β-unsaturated/α-hetero) is 1. The second kappa shape index (κ2) is 12.2. The van der Waals surface area contributed by atoms with Gasteiger partial charge in [-0.25, -0.2) is 14.4 Å². The van der Waals surface area contributed by atoms with Gasteiger partial charge in [0.15, 0.2) is 5.78 Å². The summed E-state index contributed by atoms with van der Waals surface area (Å²) in [6, 6.07) is 11.7. The van der Waals surface area contributed by atoms with E-state index in [-0.39, 0.29) is 18.2 Å². The molecular formula is C31H30ClFN6O2S. The van der Waals surface area contributed by atoms with Crippen molar-refractivity contribution in [2.24, 2.45) is 0 Å². The Hall–Kier alpha value is -3.86. The zero-order chi connectivity index (χ0) is 29.2. The summed E-state index contributed by atoms with van der Waals surface area (Å²) in [6.07, 6.45) is 6.42. The summed E-state index contributed by atoms with van der Waals surface area (Å²) in [5, 5.41) is 9.42. The van der Waals surface area contributed by atoms with E-state index in [0.29, 0.717) is 29.6 Å². The highest BCUT2D eigenvalue weighted by Gasteiger charge is 2.27. The second-order valence-electron chi connectivity index (χ2n) is 10.6. The van der Waals surface area contributed by atoms with Crippen LogP contribution in [-0.4, -0.2) is 51.1 Å². The molecule has 3 aromatic heterocycles. The van der Waals surface area contributed by atoms with Crippen LogP contribution in [0.4, 0.5) is 15.9 Å². The summed E-state index contributed by atoms with van der Waals surface area (Å²) in [5.74, 6) is 1.10. The number of anilines is 2. The zero-order valence-electron chi connectivity index (χ0n) is 23.4. The Bertz CT molecular complexity index is 1770. The van der Waals surface area contributed by atoms with Crippen molar-refractivity contribution >= 4 is 50.4 Å². The third kappa shape index (κ3) is 6.01. The fourth-order valence-electron chi connectivity index (χ4n) is 5.24. The van der Waals surface area contributed by atoms with E-state index >= 15 is 0 Å². The quantitative estimate of drug-likeness (QED) is 0.180. The van der Waals surface area contributed by atoms with E-state index in [9.17, 15) is 9.18 Å². The van der Waals surface area contributed by atoms with E-state index in [1.54, 1.807) is 41.9 Å². The number of fused-ring (bicyclic) bond motifs is 5. The average molecular weight is 605 g/mol. The van der Waals surface area contributed by atoms with Gasteiger partial charge in [-0.2, -0.15) is 5.10 Å². The Morgan fingerprint density at radius 3 is 2.88 bits per heavy atom. The van der Waals surface area contributed by atoms with Gasteiger partial charge in [0.2, 0.25) is 0 Å². The van der Waals surface area contributed by atoms with Gasteiger partial charge in [0.1, 0.15) is 35.1 Å².